The molecule has 134 valence electrons. The van der Waals surface area contributed by atoms with Gasteiger partial charge in [-0.3, -0.25) is 0 Å². The van der Waals surface area contributed by atoms with Crippen molar-refractivity contribution < 1.29 is 9.53 Å². The third-order valence-electron chi connectivity index (χ3n) is 4.88. The molecule has 1 rings (SSSR count). The molecule has 0 radical (unpaired) electrons. The largest absolute Gasteiger partial charge is 0.506 e. The van der Waals surface area contributed by atoms with E-state index >= 15 is 0 Å². The average Bonchev–Trinajstić information content (AvgIpc) is 2.47. The maximum Gasteiger partial charge on any atom is 0.191 e. The molecule has 0 aromatic heterocycles. The van der Waals surface area contributed by atoms with E-state index in [0.717, 1.165) is 31.4 Å². The Kier molecular flexibility index (Phi) is 7.31. The zero-order valence-corrected chi connectivity index (χ0v) is 16.9. The van der Waals surface area contributed by atoms with Gasteiger partial charge in [-0.2, -0.15) is 5.26 Å². The van der Waals surface area contributed by atoms with E-state index < -0.39 is 8.32 Å². The zero-order valence-electron chi connectivity index (χ0n) is 15.9. The van der Waals surface area contributed by atoms with Gasteiger partial charge in [0.2, 0.25) is 0 Å². The summed E-state index contributed by atoms with van der Waals surface area (Å²) in [6.07, 6.45) is 2.61. The SMILES string of the molecule is Cc1cccc(O)c1NC(C#N)CCCCO[Si](C)(C)C(C)(C)C. The number of para-hydroxylation sites is 1. The van der Waals surface area contributed by atoms with Crippen LogP contribution in [0.5, 0.6) is 5.75 Å². The van der Waals surface area contributed by atoms with Crippen molar-refractivity contribution in [1.82, 2.24) is 0 Å². The number of rotatable bonds is 8. The Morgan fingerprint density at radius 3 is 2.50 bits per heavy atom. The van der Waals surface area contributed by atoms with Gasteiger partial charge in [0.25, 0.3) is 0 Å². The second-order valence-electron chi connectivity index (χ2n) is 7.90. The number of phenols is 1. The molecule has 5 heteroatoms. The molecule has 1 atom stereocenters. The highest BCUT2D eigenvalue weighted by molar-refractivity contribution is 6.74. The fourth-order valence-corrected chi connectivity index (χ4v) is 3.27. The van der Waals surface area contributed by atoms with Gasteiger partial charge < -0.3 is 14.8 Å². The maximum absolute atomic E-state index is 9.92. The smallest absolute Gasteiger partial charge is 0.191 e. The number of anilines is 1. The Hall–Kier alpha value is -1.51. The number of phenolic OH excluding ortho intramolecular Hbond substituents is 1. The van der Waals surface area contributed by atoms with Crippen LogP contribution in [0.3, 0.4) is 0 Å². The molecule has 0 saturated heterocycles. The van der Waals surface area contributed by atoms with Crippen LogP contribution < -0.4 is 5.32 Å². The molecule has 0 bridgehead atoms. The monoisotopic (exact) mass is 348 g/mol. The second kappa shape index (κ2) is 8.54. The van der Waals surface area contributed by atoms with Gasteiger partial charge in [-0.05, 0) is 55.9 Å². The van der Waals surface area contributed by atoms with E-state index in [2.05, 4.69) is 45.3 Å². The molecule has 0 heterocycles. The molecule has 0 spiro atoms. The van der Waals surface area contributed by atoms with Gasteiger partial charge in [0.05, 0.1) is 11.8 Å². The molecule has 0 saturated carbocycles. The molecule has 1 aromatic carbocycles. The molecule has 0 fully saturated rings. The van der Waals surface area contributed by atoms with Crippen LogP contribution in [0.25, 0.3) is 0 Å². The number of aryl methyl sites for hydroxylation is 1. The van der Waals surface area contributed by atoms with Crippen molar-refractivity contribution >= 4 is 14.0 Å². The summed E-state index contributed by atoms with van der Waals surface area (Å²) in [7, 11) is -1.68. The first-order valence-electron chi connectivity index (χ1n) is 8.67. The van der Waals surface area contributed by atoms with E-state index in [0.29, 0.717) is 5.69 Å². The van der Waals surface area contributed by atoms with E-state index in [1.165, 1.54) is 0 Å². The van der Waals surface area contributed by atoms with Gasteiger partial charge >= 0.3 is 0 Å². The molecule has 0 aliphatic heterocycles. The van der Waals surface area contributed by atoms with Gasteiger partial charge in [-0.1, -0.05) is 32.9 Å². The van der Waals surface area contributed by atoms with Crippen molar-refractivity contribution in [2.45, 2.75) is 71.1 Å². The predicted molar refractivity (Wildman–Crippen MR) is 103 cm³/mol. The van der Waals surface area contributed by atoms with E-state index in [1.807, 2.05) is 13.0 Å². The van der Waals surface area contributed by atoms with Gasteiger partial charge in [0.15, 0.2) is 8.32 Å². The first kappa shape index (κ1) is 20.5. The van der Waals surface area contributed by atoms with Crippen LogP contribution >= 0.6 is 0 Å². The third kappa shape index (κ3) is 5.84. The van der Waals surface area contributed by atoms with E-state index in [-0.39, 0.29) is 16.8 Å². The number of hydrogen-bond donors (Lipinski definition) is 2. The van der Waals surface area contributed by atoms with Crippen LogP contribution in [0.1, 0.15) is 45.6 Å². The van der Waals surface area contributed by atoms with Crippen LogP contribution in [0.2, 0.25) is 18.1 Å². The highest BCUT2D eigenvalue weighted by atomic mass is 28.4. The van der Waals surface area contributed by atoms with E-state index in [9.17, 15) is 10.4 Å². The van der Waals surface area contributed by atoms with Crippen molar-refractivity contribution in [1.29, 1.82) is 5.26 Å². The summed E-state index contributed by atoms with van der Waals surface area (Å²) in [5.41, 5.74) is 1.60. The molecule has 0 aliphatic rings. The van der Waals surface area contributed by atoms with Gasteiger partial charge in [0, 0.05) is 6.61 Å². The molecule has 4 nitrogen and oxygen atoms in total. The quantitative estimate of drug-likeness (QED) is 0.385. The lowest BCUT2D eigenvalue weighted by Crippen LogP contribution is -2.40. The molecular formula is C19H32N2O2Si. The summed E-state index contributed by atoms with van der Waals surface area (Å²) in [6, 6.07) is 7.34. The normalized spacial score (nSPS) is 13.4. The predicted octanol–water partition coefficient (Wildman–Crippen LogP) is 5.20. The molecule has 2 N–H and O–H groups in total. The number of nitrogens with one attached hydrogen (secondary N) is 1. The Labute approximate surface area is 148 Å². The van der Waals surface area contributed by atoms with Crippen LogP contribution in [0, 0.1) is 18.3 Å². The minimum atomic E-state index is -1.68. The third-order valence-corrected chi connectivity index (χ3v) is 9.42. The lowest BCUT2D eigenvalue weighted by atomic mass is 10.1. The molecule has 1 unspecified atom stereocenters. The molecular weight excluding hydrogens is 316 g/mol. The van der Waals surface area contributed by atoms with Crippen molar-refractivity contribution in [3.05, 3.63) is 23.8 Å². The number of aromatic hydroxyl groups is 1. The average molecular weight is 349 g/mol. The highest BCUT2D eigenvalue weighted by Crippen LogP contribution is 2.36. The van der Waals surface area contributed by atoms with Gasteiger partial charge in [0.1, 0.15) is 11.8 Å². The summed E-state index contributed by atoms with van der Waals surface area (Å²) in [4.78, 5) is 0. The summed E-state index contributed by atoms with van der Waals surface area (Å²) in [5.74, 6) is 0.191. The molecule has 0 aliphatic carbocycles. The summed E-state index contributed by atoms with van der Waals surface area (Å²) in [6.45, 7) is 13.9. The molecule has 0 amide bonds. The van der Waals surface area contributed by atoms with E-state index in [4.69, 9.17) is 4.43 Å². The topological polar surface area (TPSA) is 65.3 Å². The fourth-order valence-electron chi connectivity index (χ4n) is 2.18. The lowest BCUT2D eigenvalue weighted by Gasteiger charge is -2.36. The molecule has 24 heavy (non-hydrogen) atoms. The number of benzene rings is 1. The number of nitrogens with zero attached hydrogens (tertiary/aromatic N) is 1. The maximum atomic E-state index is 9.92. The number of nitriles is 1. The van der Waals surface area contributed by atoms with Crippen LogP contribution in [-0.4, -0.2) is 26.1 Å². The van der Waals surface area contributed by atoms with Crippen LogP contribution in [0.15, 0.2) is 18.2 Å². The standard InChI is InChI=1S/C19H32N2O2Si/c1-15-10-9-12-17(22)18(15)21-16(14-20)11-7-8-13-23-24(5,6)19(2,3)4/h9-10,12,16,21-22H,7-8,11,13H2,1-6H3. The Bertz CT molecular complexity index is 553. The zero-order chi connectivity index (χ0) is 18.4. The Balaban J connectivity index is 2.42. The summed E-state index contributed by atoms with van der Waals surface area (Å²) in [5, 5.41) is 22.6. The Morgan fingerprint density at radius 1 is 1.29 bits per heavy atom. The first-order valence-corrected chi connectivity index (χ1v) is 11.6. The van der Waals surface area contributed by atoms with Crippen molar-refractivity contribution in [3.8, 4) is 11.8 Å². The summed E-state index contributed by atoms with van der Waals surface area (Å²) >= 11 is 0. The highest BCUT2D eigenvalue weighted by Gasteiger charge is 2.36. The van der Waals surface area contributed by atoms with Crippen LogP contribution in [-0.2, 0) is 4.43 Å². The van der Waals surface area contributed by atoms with Crippen LogP contribution in [0.4, 0.5) is 5.69 Å². The fraction of sp³-hybridized carbons (Fsp3) is 0.632. The second-order valence-corrected chi connectivity index (χ2v) is 12.7. The lowest BCUT2D eigenvalue weighted by molar-refractivity contribution is 0.277. The van der Waals surface area contributed by atoms with Gasteiger partial charge in [-0.25, -0.2) is 0 Å². The number of unbranched alkanes of at least 4 members (excludes halogenated alkanes) is 1. The minimum absolute atomic E-state index is 0.191. The van der Waals surface area contributed by atoms with Gasteiger partial charge in [-0.15, -0.1) is 0 Å². The van der Waals surface area contributed by atoms with Crippen molar-refractivity contribution in [2.75, 3.05) is 11.9 Å². The van der Waals surface area contributed by atoms with Crippen molar-refractivity contribution in [3.63, 3.8) is 0 Å². The minimum Gasteiger partial charge on any atom is -0.506 e. The first-order chi connectivity index (χ1) is 11.1. The van der Waals surface area contributed by atoms with E-state index in [1.54, 1.807) is 12.1 Å². The van der Waals surface area contributed by atoms with Crippen molar-refractivity contribution in [2.24, 2.45) is 0 Å². The summed E-state index contributed by atoms with van der Waals surface area (Å²) < 4.78 is 6.16. The Morgan fingerprint density at radius 2 is 1.96 bits per heavy atom. The number of hydrogen-bond acceptors (Lipinski definition) is 4. The molecule has 1 aromatic rings.